The first-order valence-corrected chi connectivity index (χ1v) is 13.1. The zero-order valence-corrected chi connectivity index (χ0v) is 22.1. The zero-order valence-electron chi connectivity index (χ0n) is 22.1. The van der Waals surface area contributed by atoms with Crippen LogP contribution < -0.4 is 4.90 Å². The van der Waals surface area contributed by atoms with Crippen LogP contribution in [0.5, 0.6) is 0 Å². The first kappa shape index (κ1) is 24.0. The van der Waals surface area contributed by atoms with E-state index in [1.54, 1.807) is 0 Å². The highest BCUT2D eigenvalue weighted by Crippen LogP contribution is 2.38. The van der Waals surface area contributed by atoms with E-state index in [2.05, 4.69) is 77.8 Å². The second-order valence-corrected chi connectivity index (χ2v) is 10.9. The maximum atomic E-state index is 13.5. The molecule has 1 aromatic carbocycles. The number of fused-ring (bicyclic) bond motifs is 1. The summed E-state index contributed by atoms with van der Waals surface area (Å²) in [7, 11) is 0. The minimum Gasteiger partial charge on any atom is -0.354 e. The van der Waals surface area contributed by atoms with Crippen molar-refractivity contribution < 1.29 is 4.79 Å². The molecule has 2 fully saturated rings. The number of rotatable bonds is 5. The molecule has 2 aliphatic rings. The molecule has 4 heterocycles. The van der Waals surface area contributed by atoms with E-state index >= 15 is 0 Å². The molecule has 0 spiro atoms. The Morgan fingerprint density at radius 1 is 0.943 bits per heavy atom. The van der Waals surface area contributed by atoms with Gasteiger partial charge < -0.3 is 9.88 Å². The van der Waals surface area contributed by atoms with Crippen LogP contribution in [0, 0.1) is 13.8 Å². The van der Waals surface area contributed by atoms with Gasteiger partial charge in [0.1, 0.15) is 0 Å². The van der Waals surface area contributed by atoms with Gasteiger partial charge in [0.25, 0.3) is 0 Å². The second kappa shape index (κ2) is 9.40. The number of aromatic amines is 1. The molecule has 1 unspecified atom stereocenters. The number of piperazine rings is 1. The van der Waals surface area contributed by atoms with E-state index in [4.69, 9.17) is 0 Å². The highest BCUT2D eigenvalue weighted by Gasteiger charge is 2.38. The third-order valence-electron chi connectivity index (χ3n) is 7.78. The van der Waals surface area contributed by atoms with E-state index in [9.17, 15) is 4.79 Å². The van der Waals surface area contributed by atoms with E-state index in [-0.39, 0.29) is 11.9 Å². The molecule has 0 bridgehead atoms. The van der Waals surface area contributed by atoms with Crippen molar-refractivity contribution in [3.05, 3.63) is 47.3 Å². The van der Waals surface area contributed by atoms with Gasteiger partial charge in [0, 0.05) is 72.3 Å². The minimum atomic E-state index is 0.00846. The molecule has 0 saturated carbocycles. The van der Waals surface area contributed by atoms with E-state index in [1.807, 2.05) is 18.7 Å². The van der Waals surface area contributed by atoms with Crippen molar-refractivity contribution in [1.82, 2.24) is 19.8 Å². The number of pyridine rings is 1. The fraction of sp³-hybridized carbons (Fsp3) is 0.517. The Morgan fingerprint density at radius 3 is 2.26 bits per heavy atom. The number of hydrogen-bond donors (Lipinski definition) is 1. The van der Waals surface area contributed by atoms with Crippen LogP contribution in [0.15, 0.2) is 30.3 Å². The second-order valence-electron chi connectivity index (χ2n) is 10.9. The Kier molecular flexibility index (Phi) is 6.45. The van der Waals surface area contributed by atoms with Crippen LogP contribution in [-0.4, -0.2) is 70.5 Å². The number of hydrogen-bond acceptors (Lipinski definition) is 4. The average molecular weight is 474 g/mol. The number of carbonyl (C=O) groups excluding carboxylic acids is 1. The fourth-order valence-electron chi connectivity index (χ4n) is 6.00. The monoisotopic (exact) mass is 473 g/mol. The quantitative estimate of drug-likeness (QED) is 0.560. The molecule has 2 aliphatic heterocycles. The molecule has 1 N–H and O–H groups in total. The summed E-state index contributed by atoms with van der Waals surface area (Å²) < 4.78 is 0. The molecule has 2 saturated heterocycles. The normalized spacial score (nSPS) is 20.2. The number of carbonyl (C=O) groups is 1. The van der Waals surface area contributed by atoms with Crippen LogP contribution in [0.3, 0.4) is 0 Å². The summed E-state index contributed by atoms with van der Waals surface area (Å²) in [6, 6.07) is 11.4. The van der Waals surface area contributed by atoms with Crippen molar-refractivity contribution >= 4 is 22.5 Å². The standard InChI is InChI=1S/C29H39N5O/c1-18(2)27-24-17-23(7-8-25(24)31-28(27)22-15-20(5)30-21(6)16-22)34-10-9-26(29(34)35)33-13-11-32(12-14-33)19(3)4/h7-8,15-19,26,31H,9-14H2,1-6H3. The zero-order chi connectivity index (χ0) is 24.9. The van der Waals surface area contributed by atoms with Gasteiger partial charge in [-0.05, 0) is 75.9 Å². The van der Waals surface area contributed by atoms with Crippen LogP contribution >= 0.6 is 0 Å². The predicted octanol–water partition coefficient (Wildman–Crippen LogP) is 5.10. The summed E-state index contributed by atoms with van der Waals surface area (Å²) in [5, 5.41) is 1.21. The van der Waals surface area contributed by atoms with Crippen LogP contribution in [0.25, 0.3) is 22.2 Å². The Bertz CT molecular complexity index is 1220. The van der Waals surface area contributed by atoms with E-state index in [0.717, 1.165) is 67.4 Å². The molecular weight excluding hydrogens is 434 g/mol. The highest BCUT2D eigenvalue weighted by molar-refractivity contribution is 6.02. The number of aromatic nitrogens is 2. The lowest BCUT2D eigenvalue weighted by Crippen LogP contribution is -2.53. The van der Waals surface area contributed by atoms with Gasteiger partial charge in [-0.1, -0.05) is 13.8 Å². The molecule has 6 nitrogen and oxygen atoms in total. The molecule has 186 valence electrons. The summed E-state index contributed by atoms with van der Waals surface area (Å²) in [6.45, 7) is 17.9. The first-order valence-electron chi connectivity index (χ1n) is 13.1. The van der Waals surface area contributed by atoms with Gasteiger partial charge in [0.2, 0.25) is 5.91 Å². The maximum absolute atomic E-state index is 13.5. The van der Waals surface area contributed by atoms with Crippen LogP contribution in [0.2, 0.25) is 0 Å². The summed E-state index contributed by atoms with van der Waals surface area (Å²) in [5.74, 6) is 0.603. The van der Waals surface area contributed by atoms with Crippen LogP contribution in [0.1, 0.15) is 57.0 Å². The van der Waals surface area contributed by atoms with Crippen molar-refractivity contribution in [3.63, 3.8) is 0 Å². The van der Waals surface area contributed by atoms with E-state index in [1.165, 1.54) is 16.5 Å². The fourth-order valence-corrected chi connectivity index (χ4v) is 6.00. The summed E-state index contributed by atoms with van der Waals surface area (Å²) in [5.41, 5.74) is 7.82. The smallest absolute Gasteiger partial charge is 0.244 e. The average Bonchev–Trinajstić information content (AvgIpc) is 3.38. The topological polar surface area (TPSA) is 55.5 Å². The van der Waals surface area contributed by atoms with Gasteiger partial charge in [-0.25, -0.2) is 0 Å². The van der Waals surface area contributed by atoms with Crippen molar-refractivity contribution in [2.75, 3.05) is 37.6 Å². The van der Waals surface area contributed by atoms with Crippen molar-refractivity contribution in [2.45, 2.75) is 66.0 Å². The van der Waals surface area contributed by atoms with Gasteiger partial charge >= 0.3 is 0 Å². The number of aryl methyl sites for hydroxylation is 2. The van der Waals surface area contributed by atoms with Crippen molar-refractivity contribution in [1.29, 1.82) is 0 Å². The van der Waals surface area contributed by atoms with E-state index in [0.29, 0.717) is 12.0 Å². The van der Waals surface area contributed by atoms with Gasteiger partial charge in [-0.2, -0.15) is 0 Å². The summed E-state index contributed by atoms with van der Waals surface area (Å²) >= 11 is 0. The molecule has 5 rings (SSSR count). The predicted molar refractivity (Wildman–Crippen MR) is 144 cm³/mol. The third-order valence-corrected chi connectivity index (χ3v) is 7.78. The summed E-state index contributed by atoms with van der Waals surface area (Å²) in [6.07, 6.45) is 0.906. The van der Waals surface area contributed by atoms with Gasteiger partial charge in [-0.15, -0.1) is 0 Å². The molecule has 3 aromatic rings. The lowest BCUT2D eigenvalue weighted by atomic mass is 9.95. The number of nitrogens with one attached hydrogen (secondary N) is 1. The summed E-state index contributed by atoms with van der Waals surface area (Å²) in [4.78, 5) is 28.7. The van der Waals surface area contributed by atoms with Gasteiger partial charge in [-0.3, -0.25) is 19.6 Å². The van der Waals surface area contributed by atoms with Crippen molar-refractivity contribution in [3.8, 4) is 11.3 Å². The minimum absolute atomic E-state index is 0.00846. The molecule has 6 heteroatoms. The van der Waals surface area contributed by atoms with Crippen LogP contribution in [0.4, 0.5) is 5.69 Å². The third kappa shape index (κ3) is 4.50. The number of amides is 1. The Hall–Kier alpha value is -2.70. The first-order chi connectivity index (χ1) is 16.7. The van der Waals surface area contributed by atoms with E-state index < -0.39 is 0 Å². The SMILES string of the molecule is Cc1cc(-c2[nH]c3ccc(N4CCC(N5CCN(C(C)C)CC5)C4=O)cc3c2C(C)C)cc(C)n1. The highest BCUT2D eigenvalue weighted by atomic mass is 16.2. The number of H-pyrrole nitrogens is 1. The molecule has 2 aromatic heterocycles. The lowest BCUT2D eigenvalue weighted by molar-refractivity contribution is -0.122. The Morgan fingerprint density at radius 2 is 1.63 bits per heavy atom. The molecule has 35 heavy (non-hydrogen) atoms. The number of benzene rings is 1. The number of anilines is 1. The largest absolute Gasteiger partial charge is 0.354 e. The molecule has 0 aliphatic carbocycles. The molecular formula is C29H39N5O. The maximum Gasteiger partial charge on any atom is 0.244 e. The molecule has 1 atom stereocenters. The molecule has 0 radical (unpaired) electrons. The van der Waals surface area contributed by atoms with Crippen LogP contribution in [-0.2, 0) is 4.79 Å². The molecule has 1 amide bonds. The Balaban J connectivity index is 1.44. The lowest BCUT2D eigenvalue weighted by Gasteiger charge is -2.39. The van der Waals surface area contributed by atoms with Crippen molar-refractivity contribution in [2.24, 2.45) is 0 Å². The number of nitrogens with zero attached hydrogens (tertiary/aromatic N) is 4. The van der Waals surface area contributed by atoms with Gasteiger partial charge in [0.15, 0.2) is 0 Å². The van der Waals surface area contributed by atoms with Gasteiger partial charge in [0.05, 0.1) is 11.7 Å². The Labute approximate surface area is 209 Å².